The molecular formula is C17H18N6O2. The maximum atomic E-state index is 12.6. The molecule has 2 aliphatic rings. The van der Waals surface area contributed by atoms with Crippen molar-refractivity contribution in [3.05, 3.63) is 35.4 Å². The summed E-state index contributed by atoms with van der Waals surface area (Å²) in [6.45, 7) is 3.32. The van der Waals surface area contributed by atoms with Crippen molar-refractivity contribution in [3.63, 3.8) is 0 Å². The average Bonchev–Trinajstić information content (AvgIpc) is 2.86. The average molecular weight is 338 g/mol. The number of azo groups is 1. The number of hydrogen-bond donors (Lipinski definition) is 0. The first-order valence-corrected chi connectivity index (χ1v) is 7.79. The molecule has 1 aromatic rings. The Hall–Kier alpha value is -3.16. The number of carbonyl (C=O) groups excluding carboxylic acids is 2. The Labute approximate surface area is 145 Å². The van der Waals surface area contributed by atoms with Gasteiger partial charge in [-0.25, -0.2) is 0 Å². The number of benzene rings is 1. The van der Waals surface area contributed by atoms with Gasteiger partial charge in [-0.2, -0.15) is 20.2 Å². The first kappa shape index (κ1) is 16.7. The summed E-state index contributed by atoms with van der Waals surface area (Å²) in [6, 6.07) is 7.16. The molecule has 1 aromatic carbocycles. The Morgan fingerprint density at radius 3 is 2.44 bits per heavy atom. The molecule has 0 fully saturated rings. The Balaban J connectivity index is 1.86. The van der Waals surface area contributed by atoms with Gasteiger partial charge in [-0.05, 0) is 37.6 Å². The van der Waals surface area contributed by atoms with Crippen molar-refractivity contribution in [2.24, 2.45) is 20.3 Å². The predicted molar refractivity (Wildman–Crippen MR) is 95.5 cm³/mol. The van der Waals surface area contributed by atoms with Crippen LogP contribution in [0.1, 0.15) is 19.4 Å². The molecule has 2 amide bonds. The normalized spacial score (nSPS) is 21.7. The molecular weight excluding hydrogens is 320 g/mol. The highest BCUT2D eigenvalue weighted by Gasteiger charge is 2.33. The molecule has 1 unspecified atom stereocenters. The van der Waals surface area contributed by atoms with Gasteiger partial charge in [0.05, 0.1) is 11.3 Å². The van der Waals surface area contributed by atoms with Gasteiger partial charge < -0.3 is 4.90 Å². The van der Waals surface area contributed by atoms with Crippen LogP contribution in [0.5, 0.6) is 0 Å². The minimum absolute atomic E-state index is 0.0983. The van der Waals surface area contributed by atoms with E-state index in [-0.39, 0.29) is 11.9 Å². The molecule has 8 heteroatoms. The van der Waals surface area contributed by atoms with Crippen LogP contribution in [0, 0.1) is 0 Å². The highest BCUT2D eigenvalue weighted by Crippen LogP contribution is 2.22. The summed E-state index contributed by atoms with van der Waals surface area (Å²) in [5.74, 6) is -0.921. The van der Waals surface area contributed by atoms with Gasteiger partial charge >= 0.3 is 0 Å². The zero-order valence-electron chi connectivity index (χ0n) is 14.5. The first-order chi connectivity index (χ1) is 11.9. The summed E-state index contributed by atoms with van der Waals surface area (Å²) < 4.78 is 0. The van der Waals surface area contributed by atoms with Crippen LogP contribution in [0.4, 0.5) is 5.69 Å². The molecule has 1 atom stereocenters. The fourth-order valence-corrected chi connectivity index (χ4v) is 2.35. The van der Waals surface area contributed by atoms with Crippen LogP contribution in [-0.2, 0) is 9.59 Å². The highest BCUT2D eigenvalue weighted by molar-refractivity contribution is 6.30. The van der Waals surface area contributed by atoms with Gasteiger partial charge in [0, 0.05) is 19.8 Å². The number of rotatable bonds is 2. The third-order valence-electron chi connectivity index (χ3n) is 3.86. The predicted octanol–water partition coefficient (Wildman–Crippen LogP) is 2.09. The lowest BCUT2D eigenvalue weighted by atomic mass is 10.1. The van der Waals surface area contributed by atoms with Crippen LogP contribution in [0.15, 0.2) is 50.2 Å². The number of amides is 2. The second kappa shape index (κ2) is 6.39. The maximum Gasteiger partial charge on any atom is 0.283 e. The number of guanidine groups is 1. The maximum absolute atomic E-state index is 12.6. The topological polar surface area (TPSA) is 90.1 Å². The molecule has 2 aliphatic heterocycles. The van der Waals surface area contributed by atoms with E-state index in [0.717, 1.165) is 16.3 Å². The summed E-state index contributed by atoms with van der Waals surface area (Å²) in [6.07, 6.45) is 1.76. The van der Waals surface area contributed by atoms with Crippen LogP contribution < -0.4 is 4.90 Å². The summed E-state index contributed by atoms with van der Waals surface area (Å²) >= 11 is 0. The standard InChI is InChI=1S/C17H18N6O2/c1-10-14(9-12-5-7-13(8-6-12)22(3)4)16(25)23(21-10)17-18-15(24)11(2)19-20-17/h5-9,11H,1-4H3/b14-9-. The molecule has 0 saturated heterocycles. The van der Waals surface area contributed by atoms with Gasteiger partial charge in [0.2, 0.25) is 0 Å². The Morgan fingerprint density at radius 1 is 1.16 bits per heavy atom. The van der Waals surface area contributed by atoms with Crippen molar-refractivity contribution < 1.29 is 9.59 Å². The largest absolute Gasteiger partial charge is 0.378 e. The fourth-order valence-electron chi connectivity index (χ4n) is 2.35. The quantitative estimate of drug-likeness (QED) is 0.773. The van der Waals surface area contributed by atoms with Crippen LogP contribution in [-0.4, -0.2) is 48.6 Å². The van der Waals surface area contributed by atoms with Gasteiger partial charge in [-0.1, -0.05) is 12.1 Å². The number of hydrogen-bond acceptors (Lipinski definition) is 6. The highest BCUT2D eigenvalue weighted by atomic mass is 16.2. The van der Waals surface area contributed by atoms with Crippen LogP contribution in [0.25, 0.3) is 6.08 Å². The lowest BCUT2D eigenvalue weighted by Gasteiger charge is -2.13. The fraction of sp³-hybridized carbons (Fsp3) is 0.294. The summed E-state index contributed by atoms with van der Waals surface area (Å²) in [5.41, 5.74) is 2.91. The molecule has 0 aromatic heterocycles. The number of carbonyl (C=O) groups is 2. The lowest BCUT2D eigenvalue weighted by Crippen LogP contribution is -2.32. The molecule has 2 heterocycles. The van der Waals surface area contributed by atoms with Crippen LogP contribution in [0.2, 0.25) is 0 Å². The minimum atomic E-state index is -0.628. The van der Waals surface area contributed by atoms with Gasteiger partial charge in [0.15, 0.2) is 0 Å². The number of anilines is 1. The smallest absolute Gasteiger partial charge is 0.283 e. The van der Waals surface area contributed by atoms with E-state index in [4.69, 9.17) is 0 Å². The third kappa shape index (κ3) is 3.23. The zero-order valence-corrected chi connectivity index (χ0v) is 14.5. The van der Waals surface area contributed by atoms with E-state index >= 15 is 0 Å². The Morgan fingerprint density at radius 2 is 1.84 bits per heavy atom. The number of nitrogens with zero attached hydrogens (tertiary/aromatic N) is 6. The van der Waals surface area contributed by atoms with Crippen LogP contribution in [0.3, 0.4) is 0 Å². The zero-order chi connectivity index (χ0) is 18.1. The number of aliphatic imine (C=N–C) groups is 1. The SMILES string of the molecule is CC1=NN(C2=NC(=O)C(C)N=N2)C(=O)/C1=C\c1ccc(N(C)C)cc1. The molecule has 0 N–H and O–H groups in total. The van der Waals surface area contributed by atoms with Crippen molar-refractivity contribution in [2.45, 2.75) is 19.9 Å². The molecule has 3 rings (SSSR count). The van der Waals surface area contributed by atoms with E-state index in [0.29, 0.717) is 11.3 Å². The molecule has 0 bridgehead atoms. The van der Waals surface area contributed by atoms with Gasteiger partial charge in [0.1, 0.15) is 6.04 Å². The number of hydrazone groups is 1. The second-order valence-electron chi connectivity index (χ2n) is 5.99. The Bertz CT molecular complexity index is 848. The molecule has 0 saturated carbocycles. The van der Waals surface area contributed by atoms with E-state index in [9.17, 15) is 9.59 Å². The molecule has 0 spiro atoms. The van der Waals surface area contributed by atoms with Crippen molar-refractivity contribution in [1.82, 2.24) is 5.01 Å². The molecule has 0 aliphatic carbocycles. The third-order valence-corrected chi connectivity index (χ3v) is 3.86. The molecule has 128 valence electrons. The van der Waals surface area contributed by atoms with Crippen molar-refractivity contribution >= 4 is 35.2 Å². The molecule has 8 nitrogen and oxygen atoms in total. The lowest BCUT2D eigenvalue weighted by molar-refractivity contribution is -0.122. The van der Waals surface area contributed by atoms with Crippen molar-refractivity contribution in [3.8, 4) is 0 Å². The second-order valence-corrected chi connectivity index (χ2v) is 5.99. The van der Waals surface area contributed by atoms with Gasteiger partial charge in [-0.15, -0.1) is 5.11 Å². The monoisotopic (exact) mass is 338 g/mol. The summed E-state index contributed by atoms with van der Waals surface area (Å²) in [7, 11) is 3.93. The van der Waals surface area contributed by atoms with Crippen LogP contribution >= 0.6 is 0 Å². The van der Waals surface area contributed by atoms with E-state index < -0.39 is 11.9 Å². The summed E-state index contributed by atoms with van der Waals surface area (Å²) in [4.78, 5) is 30.1. The van der Waals surface area contributed by atoms with Crippen molar-refractivity contribution in [2.75, 3.05) is 19.0 Å². The van der Waals surface area contributed by atoms with E-state index in [2.05, 4.69) is 20.3 Å². The van der Waals surface area contributed by atoms with Gasteiger partial charge in [0.25, 0.3) is 17.8 Å². The van der Waals surface area contributed by atoms with E-state index in [1.54, 1.807) is 19.9 Å². The van der Waals surface area contributed by atoms with Crippen molar-refractivity contribution in [1.29, 1.82) is 0 Å². The minimum Gasteiger partial charge on any atom is -0.378 e. The van der Waals surface area contributed by atoms with Gasteiger partial charge in [-0.3, -0.25) is 9.59 Å². The molecule has 25 heavy (non-hydrogen) atoms. The van der Waals surface area contributed by atoms with E-state index in [1.807, 2.05) is 43.3 Å². The van der Waals surface area contributed by atoms with E-state index in [1.165, 1.54) is 0 Å². The Kier molecular flexibility index (Phi) is 4.26. The summed E-state index contributed by atoms with van der Waals surface area (Å²) in [5, 5.41) is 12.8. The first-order valence-electron chi connectivity index (χ1n) is 7.79. The molecule has 0 radical (unpaired) electrons.